The molecule has 0 fully saturated rings. The maximum Gasteiger partial charge on any atom is 0.124 e. The van der Waals surface area contributed by atoms with Crippen LogP contribution in [0.3, 0.4) is 0 Å². The number of methoxy groups -OCH3 is 1. The van der Waals surface area contributed by atoms with Crippen LogP contribution in [0.25, 0.3) is 21.8 Å². The lowest BCUT2D eigenvalue weighted by Crippen LogP contribution is -2.02. The zero-order valence-corrected chi connectivity index (χ0v) is 13.1. The van der Waals surface area contributed by atoms with Crippen molar-refractivity contribution in [3.8, 4) is 27.6 Å². The summed E-state index contributed by atoms with van der Waals surface area (Å²) in [6.07, 6.45) is 4.38. The lowest BCUT2D eigenvalue weighted by atomic mass is 10.1. The number of ether oxygens (including phenoxy) is 1. The van der Waals surface area contributed by atoms with Gasteiger partial charge >= 0.3 is 0 Å². The third-order valence-corrected chi connectivity index (χ3v) is 4.50. The van der Waals surface area contributed by atoms with Crippen molar-refractivity contribution < 1.29 is 4.74 Å². The summed E-state index contributed by atoms with van der Waals surface area (Å²) >= 11 is 1.69. The van der Waals surface area contributed by atoms with Gasteiger partial charge in [0.05, 0.1) is 12.8 Å². The fraction of sp³-hybridized carbons (Fsp3) is 0.176. The summed E-state index contributed by atoms with van der Waals surface area (Å²) in [5.74, 6) is 0.828. The summed E-state index contributed by atoms with van der Waals surface area (Å²) in [7, 11) is 1.67. The van der Waals surface area contributed by atoms with Crippen LogP contribution >= 0.6 is 11.3 Å². The molecule has 3 rings (SSSR count). The van der Waals surface area contributed by atoms with Crippen molar-refractivity contribution in [3.05, 3.63) is 53.7 Å². The first-order valence-corrected chi connectivity index (χ1v) is 7.88. The number of pyridine rings is 1. The molecule has 0 saturated carbocycles. The van der Waals surface area contributed by atoms with Gasteiger partial charge in [0.15, 0.2) is 0 Å². The van der Waals surface area contributed by atoms with Gasteiger partial charge in [0.1, 0.15) is 10.8 Å². The second kappa shape index (κ2) is 6.68. The number of nitrogens with two attached hydrogens (primary N) is 1. The van der Waals surface area contributed by atoms with E-state index in [1.54, 1.807) is 30.8 Å². The molecule has 3 aromatic rings. The van der Waals surface area contributed by atoms with E-state index in [0.717, 1.165) is 34.0 Å². The van der Waals surface area contributed by atoms with Crippen LogP contribution in [-0.2, 0) is 6.42 Å². The van der Waals surface area contributed by atoms with Gasteiger partial charge in [-0.25, -0.2) is 4.98 Å². The predicted octanol–water partition coefficient (Wildman–Crippen LogP) is 3.38. The average Bonchev–Trinajstić information content (AvgIpc) is 3.00. The Morgan fingerprint density at radius 1 is 1.14 bits per heavy atom. The monoisotopic (exact) mass is 311 g/mol. The SMILES string of the molecule is COc1cccc(-c2nc(-c3ccncc3)sc2CCN)c1. The summed E-state index contributed by atoms with van der Waals surface area (Å²) in [5.41, 5.74) is 8.87. The molecule has 1 aromatic carbocycles. The van der Waals surface area contributed by atoms with Crippen LogP contribution in [0.1, 0.15) is 4.88 Å². The lowest BCUT2D eigenvalue weighted by Gasteiger charge is -2.04. The van der Waals surface area contributed by atoms with E-state index in [2.05, 4.69) is 4.98 Å². The Balaban J connectivity index is 2.07. The minimum absolute atomic E-state index is 0.606. The molecule has 0 spiro atoms. The van der Waals surface area contributed by atoms with Gasteiger partial charge in [0, 0.05) is 28.4 Å². The molecule has 0 aliphatic heterocycles. The van der Waals surface area contributed by atoms with Crippen molar-refractivity contribution in [3.63, 3.8) is 0 Å². The molecule has 22 heavy (non-hydrogen) atoms. The molecule has 2 heterocycles. The number of nitrogens with zero attached hydrogens (tertiary/aromatic N) is 2. The van der Waals surface area contributed by atoms with E-state index in [1.165, 1.54) is 4.88 Å². The van der Waals surface area contributed by atoms with Crippen molar-refractivity contribution in [1.82, 2.24) is 9.97 Å². The second-order valence-electron chi connectivity index (χ2n) is 4.80. The molecule has 4 nitrogen and oxygen atoms in total. The standard InChI is InChI=1S/C17H17N3OS/c1-21-14-4-2-3-13(11-14)16-15(5-8-18)22-17(20-16)12-6-9-19-10-7-12/h2-4,6-7,9-11H,5,8,18H2,1H3. The van der Waals surface area contributed by atoms with Crippen LogP contribution in [-0.4, -0.2) is 23.6 Å². The van der Waals surface area contributed by atoms with Crippen molar-refractivity contribution in [2.75, 3.05) is 13.7 Å². The maximum absolute atomic E-state index is 5.76. The largest absolute Gasteiger partial charge is 0.497 e. The first-order valence-electron chi connectivity index (χ1n) is 7.06. The molecule has 0 atom stereocenters. The van der Waals surface area contributed by atoms with E-state index in [9.17, 15) is 0 Å². The highest BCUT2D eigenvalue weighted by Crippen LogP contribution is 2.35. The number of thiazole rings is 1. The van der Waals surface area contributed by atoms with Gasteiger partial charge < -0.3 is 10.5 Å². The number of rotatable bonds is 5. The van der Waals surface area contributed by atoms with Gasteiger partial charge in [-0.15, -0.1) is 11.3 Å². The van der Waals surface area contributed by atoms with Gasteiger partial charge in [0.25, 0.3) is 0 Å². The Morgan fingerprint density at radius 3 is 2.68 bits per heavy atom. The van der Waals surface area contributed by atoms with Crippen molar-refractivity contribution in [2.45, 2.75) is 6.42 Å². The fourth-order valence-electron chi connectivity index (χ4n) is 2.27. The summed E-state index contributed by atoms with van der Waals surface area (Å²) in [4.78, 5) is 10.1. The highest BCUT2D eigenvalue weighted by Gasteiger charge is 2.14. The molecule has 0 aliphatic carbocycles. The van der Waals surface area contributed by atoms with Crippen LogP contribution in [0.5, 0.6) is 5.75 Å². The molecule has 0 saturated heterocycles. The first kappa shape index (κ1) is 14.7. The van der Waals surface area contributed by atoms with Crippen LogP contribution in [0.15, 0.2) is 48.8 Å². The zero-order chi connectivity index (χ0) is 15.4. The lowest BCUT2D eigenvalue weighted by molar-refractivity contribution is 0.415. The molecule has 0 radical (unpaired) electrons. The van der Waals surface area contributed by atoms with E-state index < -0.39 is 0 Å². The molecule has 0 aliphatic rings. The Kier molecular flexibility index (Phi) is 4.46. The van der Waals surface area contributed by atoms with Gasteiger partial charge in [-0.05, 0) is 37.2 Å². The number of hydrogen-bond donors (Lipinski definition) is 1. The van der Waals surface area contributed by atoms with E-state index >= 15 is 0 Å². The highest BCUT2D eigenvalue weighted by atomic mass is 32.1. The smallest absolute Gasteiger partial charge is 0.124 e. The van der Waals surface area contributed by atoms with Gasteiger partial charge in [0.2, 0.25) is 0 Å². The highest BCUT2D eigenvalue weighted by molar-refractivity contribution is 7.15. The predicted molar refractivity (Wildman–Crippen MR) is 90.1 cm³/mol. The molecule has 2 aromatic heterocycles. The quantitative estimate of drug-likeness (QED) is 0.784. The Bertz CT molecular complexity index is 756. The second-order valence-corrected chi connectivity index (χ2v) is 5.88. The molecular formula is C17H17N3OS. The minimum atomic E-state index is 0.606. The number of benzene rings is 1. The third kappa shape index (κ3) is 3.00. The van der Waals surface area contributed by atoms with Crippen molar-refractivity contribution in [2.24, 2.45) is 5.73 Å². The summed E-state index contributed by atoms with van der Waals surface area (Å²) in [5, 5.41) is 0.990. The summed E-state index contributed by atoms with van der Waals surface area (Å²) < 4.78 is 5.31. The number of hydrogen-bond acceptors (Lipinski definition) is 5. The Labute approximate surface area is 133 Å². The van der Waals surface area contributed by atoms with E-state index in [1.807, 2.05) is 36.4 Å². The third-order valence-electron chi connectivity index (χ3n) is 3.34. The average molecular weight is 311 g/mol. The van der Waals surface area contributed by atoms with Crippen LogP contribution in [0.4, 0.5) is 0 Å². The molecular weight excluding hydrogens is 294 g/mol. The first-order chi connectivity index (χ1) is 10.8. The summed E-state index contributed by atoms with van der Waals surface area (Å²) in [6, 6.07) is 11.9. The van der Waals surface area contributed by atoms with E-state index in [0.29, 0.717) is 6.54 Å². The van der Waals surface area contributed by atoms with Crippen LogP contribution in [0, 0.1) is 0 Å². The van der Waals surface area contributed by atoms with E-state index in [4.69, 9.17) is 15.5 Å². The Hall–Kier alpha value is -2.24. The van der Waals surface area contributed by atoms with Gasteiger partial charge in [-0.2, -0.15) is 0 Å². The molecule has 5 heteroatoms. The van der Waals surface area contributed by atoms with Crippen molar-refractivity contribution in [1.29, 1.82) is 0 Å². The van der Waals surface area contributed by atoms with Crippen LogP contribution < -0.4 is 10.5 Å². The topological polar surface area (TPSA) is 61.0 Å². The molecule has 2 N–H and O–H groups in total. The minimum Gasteiger partial charge on any atom is -0.497 e. The molecule has 0 bridgehead atoms. The van der Waals surface area contributed by atoms with Crippen LogP contribution in [0.2, 0.25) is 0 Å². The van der Waals surface area contributed by atoms with E-state index in [-0.39, 0.29) is 0 Å². The number of aromatic nitrogens is 2. The fourth-order valence-corrected chi connectivity index (χ4v) is 3.37. The molecule has 0 amide bonds. The summed E-state index contributed by atoms with van der Waals surface area (Å²) in [6.45, 7) is 0.606. The maximum atomic E-state index is 5.76. The van der Waals surface area contributed by atoms with Gasteiger partial charge in [-0.1, -0.05) is 12.1 Å². The molecule has 0 unspecified atom stereocenters. The molecule has 112 valence electrons. The van der Waals surface area contributed by atoms with Gasteiger partial charge in [-0.3, -0.25) is 4.98 Å². The normalized spacial score (nSPS) is 10.6. The van der Waals surface area contributed by atoms with Crippen molar-refractivity contribution >= 4 is 11.3 Å². The zero-order valence-electron chi connectivity index (χ0n) is 12.3. The Morgan fingerprint density at radius 2 is 1.95 bits per heavy atom.